The third kappa shape index (κ3) is 3.29. The summed E-state index contributed by atoms with van der Waals surface area (Å²) in [5.41, 5.74) is 6.60. The number of ether oxygens (including phenoxy) is 1. The summed E-state index contributed by atoms with van der Waals surface area (Å²) in [5, 5.41) is 4.05. The maximum Gasteiger partial charge on any atom is 0.261 e. The lowest BCUT2D eigenvalue weighted by atomic mass is 9.77. The van der Waals surface area contributed by atoms with E-state index in [0.717, 1.165) is 29.3 Å². The Morgan fingerprint density at radius 1 is 1.36 bits per heavy atom. The van der Waals surface area contributed by atoms with Gasteiger partial charge in [0.25, 0.3) is 5.89 Å². The van der Waals surface area contributed by atoms with E-state index in [1.807, 2.05) is 32.0 Å². The first-order chi connectivity index (χ1) is 9.98. The molecule has 1 aliphatic rings. The van der Waals surface area contributed by atoms with Gasteiger partial charge in [-0.25, -0.2) is 0 Å². The first kappa shape index (κ1) is 17.2. The number of benzene rings is 1. The lowest BCUT2D eigenvalue weighted by molar-refractivity contribution is 0.229. The summed E-state index contributed by atoms with van der Waals surface area (Å²) in [6.07, 6.45) is 2.98. The molecule has 3 rings (SSSR count). The van der Waals surface area contributed by atoms with E-state index < -0.39 is 5.54 Å². The van der Waals surface area contributed by atoms with Crippen molar-refractivity contribution in [1.29, 1.82) is 0 Å². The normalized spacial score (nSPS) is 16.0. The van der Waals surface area contributed by atoms with Gasteiger partial charge in [0.05, 0.1) is 17.2 Å². The van der Waals surface area contributed by atoms with Crippen LogP contribution in [-0.4, -0.2) is 16.2 Å². The van der Waals surface area contributed by atoms with Gasteiger partial charge in [0.15, 0.2) is 5.82 Å². The summed E-state index contributed by atoms with van der Waals surface area (Å²) in [5.74, 6) is 1.75. The van der Waals surface area contributed by atoms with Gasteiger partial charge in [0.2, 0.25) is 0 Å². The molecule has 1 fully saturated rings. The summed E-state index contributed by atoms with van der Waals surface area (Å²) in [6, 6.07) is 5.73. The molecule has 0 bridgehead atoms. The molecular weight excluding hydrogens is 370 g/mol. The topological polar surface area (TPSA) is 74.2 Å². The number of hydrogen-bond donors (Lipinski definition) is 1. The average molecular weight is 389 g/mol. The molecule has 0 saturated heterocycles. The predicted octanol–water partition coefficient (Wildman–Crippen LogP) is 4.05. The van der Waals surface area contributed by atoms with Gasteiger partial charge in [-0.15, -0.1) is 12.4 Å². The van der Waals surface area contributed by atoms with Crippen molar-refractivity contribution in [3.05, 3.63) is 28.5 Å². The second-order valence-electron chi connectivity index (χ2n) is 5.74. The van der Waals surface area contributed by atoms with Gasteiger partial charge < -0.3 is 15.0 Å². The quantitative estimate of drug-likeness (QED) is 0.855. The number of rotatable bonds is 4. The molecule has 5 nitrogen and oxygen atoms in total. The molecule has 1 aromatic carbocycles. The second kappa shape index (κ2) is 6.56. The highest BCUT2D eigenvalue weighted by Gasteiger charge is 2.39. The summed E-state index contributed by atoms with van der Waals surface area (Å²) in [6.45, 7) is 3.96. The molecule has 1 aromatic heterocycles. The molecule has 1 saturated carbocycles. The van der Waals surface area contributed by atoms with Crippen LogP contribution in [0.3, 0.4) is 0 Å². The molecule has 120 valence electrons. The Bertz CT molecular complexity index is 656. The van der Waals surface area contributed by atoms with Gasteiger partial charge in [0, 0.05) is 4.47 Å². The maximum absolute atomic E-state index is 6.23. The Kier molecular flexibility index (Phi) is 5.14. The molecule has 0 unspecified atom stereocenters. The van der Waals surface area contributed by atoms with Crippen LogP contribution in [-0.2, 0) is 5.54 Å². The molecule has 0 spiro atoms. The van der Waals surface area contributed by atoms with E-state index in [0.29, 0.717) is 17.5 Å². The summed E-state index contributed by atoms with van der Waals surface area (Å²) in [4.78, 5) is 4.47. The van der Waals surface area contributed by atoms with Gasteiger partial charge in [-0.2, -0.15) is 4.98 Å². The summed E-state index contributed by atoms with van der Waals surface area (Å²) >= 11 is 3.45. The SMILES string of the molecule is CC(C)Oc1cc(Br)ccc1-c1nc(C2(N)CCC2)no1.Cl. The molecule has 2 N–H and O–H groups in total. The van der Waals surface area contributed by atoms with Crippen molar-refractivity contribution in [3.8, 4) is 17.2 Å². The molecule has 0 amide bonds. The molecule has 22 heavy (non-hydrogen) atoms. The minimum Gasteiger partial charge on any atom is -0.490 e. The summed E-state index contributed by atoms with van der Waals surface area (Å²) in [7, 11) is 0. The Labute approximate surface area is 144 Å². The standard InChI is InChI=1S/C15H18BrN3O2.ClH/c1-9(2)20-12-8-10(16)4-5-11(12)13-18-14(19-21-13)15(17)6-3-7-15;/h4-5,8-9H,3,6-7,17H2,1-2H3;1H. The van der Waals surface area contributed by atoms with Crippen LogP contribution in [0, 0.1) is 0 Å². The van der Waals surface area contributed by atoms with E-state index in [-0.39, 0.29) is 18.5 Å². The molecular formula is C15H19BrClN3O2. The Balaban J connectivity index is 0.00000176. The van der Waals surface area contributed by atoms with E-state index in [4.69, 9.17) is 15.0 Å². The van der Waals surface area contributed by atoms with Crippen molar-refractivity contribution in [2.45, 2.75) is 44.8 Å². The minimum absolute atomic E-state index is 0. The lowest BCUT2D eigenvalue weighted by Gasteiger charge is -2.34. The van der Waals surface area contributed by atoms with E-state index in [2.05, 4.69) is 26.1 Å². The van der Waals surface area contributed by atoms with Gasteiger partial charge in [-0.1, -0.05) is 21.1 Å². The maximum atomic E-state index is 6.23. The number of hydrogen-bond acceptors (Lipinski definition) is 5. The van der Waals surface area contributed by atoms with Crippen molar-refractivity contribution >= 4 is 28.3 Å². The summed E-state index contributed by atoms with van der Waals surface area (Å²) < 4.78 is 12.2. The highest BCUT2D eigenvalue weighted by molar-refractivity contribution is 9.10. The van der Waals surface area contributed by atoms with E-state index in [1.54, 1.807) is 0 Å². The molecule has 0 radical (unpaired) electrons. The fraction of sp³-hybridized carbons (Fsp3) is 0.467. The Hall–Kier alpha value is -1.11. The smallest absolute Gasteiger partial charge is 0.261 e. The Morgan fingerprint density at radius 3 is 2.68 bits per heavy atom. The highest BCUT2D eigenvalue weighted by atomic mass is 79.9. The highest BCUT2D eigenvalue weighted by Crippen LogP contribution is 2.39. The average Bonchev–Trinajstić information content (AvgIpc) is 2.85. The molecule has 1 aliphatic carbocycles. The van der Waals surface area contributed by atoms with Crippen LogP contribution in [0.2, 0.25) is 0 Å². The number of halogens is 2. The van der Waals surface area contributed by atoms with Crippen molar-refractivity contribution in [2.75, 3.05) is 0 Å². The zero-order valence-corrected chi connectivity index (χ0v) is 14.9. The van der Waals surface area contributed by atoms with Crippen LogP contribution in [0.15, 0.2) is 27.2 Å². The monoisotopic (exact) mass is 387 g/mol. The lowest BCUT2D eigenvalue weighted by Crippen LogP contribution is -2.44. The van der Waals surface area contributed by atoms with Crippen molar-refractivity contribution < 1.29 is 9.26 Å². The van der Waals surface area contributed by atoms with Gasteiger partial charge >= 0.3 is 0 Å². The van der Waals surface area contributed by atoms with Crippen LogP contribution in [0.1, 0.15) is 38.9 Å². The molecule has 7 heteroatoms. The third-order valence-corrected chi connectivity index (χ3v) is 4.15. The van der Waals surface area contributed by atoms with Crippen LogP contribution in [0.25, 0.3) is 11.5 Å². The zero-order valence-electron chi connectivity index (χ0n) is 12.5. The first-order valence-electron chi connectivity index (χ1n) is 7.07. The van der Waals surface area contributed by atoms with E-state index in [9.17, 15) is 0 Å². The molecule has 0 atom stereocenters. The van der Waals surface area contributed by atoms with Crippen molar-refractivity contribution in [2.24, 2.45) is 5.73 Å². The number of nitrogens with two attached hydrogens (primary N) is 1. The van der Waals surface area contributed by atoms with Gasteiger partial charge in [0.1, 0.15) is 5.75 Å². The van der Waals surface area contributed by atoms with Gasteiger partial charge in [-0.3, -0.25) is 0 Å². The fourth-order valence-electron chi connectivity index (χ4n) is 2.34. The van der Waals surface area contributed by atoms with Crippen LogP contribution in [0.5, 0.6) is 5.75 Å². The van der Waals surface area contributed by atoms with Gasteiger partial charge in [-0.05, 0) is 51.3 Å². The van der Waals surface area contributed by atoms with Crippen LogP contribution in [0.4, 0.5) is 0 Å². The first-order valence-corrected chi connectivity index (χ1v) is 7.87. The van der Waals surface area contributed by atoms with Crippen LogP contribution < -0.4 is 10.5 Å². The van der Waals surface area contributed by atoms with Crippen LogP contribution >= 0.6 is 28.3 Å². The fourth-order valence-corrected chi connectivity index (χ4v) is 2.68. The molecule has 1 heterocycles. The largest absolute Gasteiger partial charge is 0.490 e. The van der Waals surface area contributed by atoms with Crippen molar-refractivity contribution in [3.63, 3.8) is 0 Å². The minimum atomic E-state index is -0.420. The zero-order chi connectivity index (χ0) is 15.0. The molecule has 2 aromatic rings. The number of nitrogens with zero attached hydrogens (tertiary/aromatic N) is 2. The predicted molar refractivity (Wildman–Crippen MR) is 90.2 cm³/mol. The van der Waals surface area contributed by atoms with Crippen molar-refractivity contribution in [1.82, 2.24) is 10.1 Å². The van der Waals surface area contributed by atoms with E-state index in [1.165, 1.54) is 0 Å². The van der Waals surface area contributed by atoms with E-state index >= 15 is 0 Å². The Morgan fingerprint density at radius 2 is 2.09 bits per heavy atom. The molecule has 0 aliphatic heterocycles. The second-order valence-corrected chi connectivity index (χ2v) is 6.66. The number of aromatic nitrogens is 2. The third-order valence-electron chi connectivity index (χ3n) is 3.65.